The molecule has 3 N–H and O–H groups in total. The summed E-state index contributed by atoms with van der Waals surface area (Å²) in [5.74, 6) is -0.0132. The zero-order valence-corrected chi connectivity index (χ0v) is 12.7. The average Bonchev–Trinajstić information content (AvgIpc) is 2.87. The number of ether oxygens (including phenoxy) is 1. The number of aliphatic hydroxyl groups is 1. The Morgan fingerprint density at radius 3 is 2.68 bits per heavy atom. The molecule has 0 bridgehead atoms. The van der Waals surface area contributed by atoms with E-state index in [0.717, 1.165) is 4.57 Å². The van der Waals surface area contributed by atoms with Crippen LogP contribution in [0, 0.1) is 0 Å². The molecule has 1 aliphatic heterocycles. The minimum Gasteiger partial charge on any atom is -0.393 e. The minimum atomic E-state index is -1.24. The van der Waals surface area contributed by atoms with Gasteiger partial charge in [0.05, 0.1) is 19.3 Å². The minimum absolute atomic E-state index is 0.0132. The Morgan fingerprint density at radius 1 is 1.45 bits per heavy atom. The molecule has 0 aliphatic carbocycles. The summed E-state index contributed by atoms with van der Waals surface area (Å²) < 4.78 is 32.4. The van der Waals surface area contributed by atoms with E-state index >= 15 is 0 Å². The summed E-state index contributed by atoms with van der Waals surface area (Å²) in [6, 6.07) is 0. The topological polar surface area (TPSA) is 90.4 Å². The zero-order chi connectivity index (χ0) is 16.3. The third-order valence-electron chi connectivity index (χ3n) is 3.15. The monoisotopic (exact) mass is 375 g/mol. The predicted molar refractivity (Wildman–Crippen MR) is 80.2 cm³/mol. The van der Waals surface area contributed by atoms with Gasteiger partial charge in [-0.15, -0.1) is 0 Å². The molecule has 1 aromatic rings. The second-order valence-corrected chi connectivity index (χ2v) is 4.88. The van der Waals surface area contributed by atoms with E-state index in [1.807, 2.05) is 0 Å². The maximum absolute atomic E-state index is 13.1. The van der Waals surface area contributed by atoms with E-state index in [1.54, 1.807) is 0 Å². The third-order valence-corrected chi connectivity index (χ3v) is 3.41. The van der Waals surface area contributed by atoms with Crippen LogP contribution < -0.4 is 11.4 Å². The third kappa shape index (κ3) is 2.87. The lowest BCUT2D eigenvalue weighted by molar-refractivity contribution is -0.00860. The molecule has 2 rings (SSSR count). The van der Waals surface area contributed by atoms with Gasteiger partial charge in [-0.3, -0.25) is 4.57 Å². The Labute approximate surface area is 132 Å². The van der Waals surface area contributed by atoms with Crippen molar-refractivity contribution in [2.45, 2.75) is 12.3 Å². The number of nitrogens with two attached hydrogens (primary N) is 1. The van der Waals surface area contributed by atoms with E-state index in [1.165, 1.54) is 17.3 Å². The molecule has 2 heterocycles. The number of halogens is 3. The first-order valence-corrected chi connectivity index (χ1v) is 7.01. The fourth-order valence-electron chi connectivity index (χ4n) is 2.10. The molecule has 2 atom stereocenters. The molecule has 1 saturated heterocycles. The van der Waals surface area contributed by atoms with Crippen molar-refractivity contribution in [3.05, 3.63) is 51.0 Å². The van der Waals surface area contributed by atoms with Crippen molar-refractivity contribution in [2.24, 2.45) is 0 Å². The molecule has 2 unspecified atom stereocenters. The van der Waals surface area contributed by atoms with Crippen molar-refractivity contribution >= 4 is 27.8 Å². The highest BCUT2D eigenvalue weighted by Gasteiger charge is 2.37. The summed E-state index contributed by atoms with van der Waals surface area (Å²) in [7, 11) is 0. The molecule has 0 spiro atoms. The Balaban J connectivity index is 2.56. The van der Waals surface area contributed by atoms with Crippen LogP contribution in [0.1, 0.15) is 11.8 Å². The van der Waals surface area contributed by atoms with Crippen molar-refractivity contribution < 1.29 is 18.6 Å². The van der Waals surface area contributed by atoms with Crippen molar-refractivity contribution in [3.63, 3.8) is 0 Å². The van der Waals surface area contributed by atoms with Crippen LogP contribution in [0.15, 0.2) is 39.8 Å². The lowest BCUT2D eigenvalue weighted by Gasteiger charge is -2.15. The van der Waals surface area contributed by atoms with Crippen LogP contribution >= 0.6 is 15.9 Å². The number of aliphatic hydroxyl groups excluding tert-OH is 1. The van der Waals surface area contributed by atoms with E-state index in [-0.39, 0.29) is 29.6 Å². The highest BCUT2D eigenvalue weighted by molar-refractivity contribution is 9.11. The van der Waals surface area contributed by atoms with Crippen LogP contribution in [0.2, 0.25) is 0 Å². The lowest BCUT2D eigenvalue weighted by Crippen LogP contribution is -2.29. The van der Waals surface area contributed by atoms with Gasteiger partial charge in [0.15, 0.2) is 6.23 Å². The van der Waals surface area contributed by atoms with Gasteiger partial charge in [-0.05, 0) is 11.1 Å². The number of hydrogen-bond donors (Lipinski definition) is 2. The molecule has 22 heavy (non-hydrogen) atoms. The maximum atomic E-state index is 13.1. The molecule has 0 amide bonds. The van der Waals surface area contributed by atoms with E-state index < -0.39 is 24.6 Å². The van der Waals surface area contributed by atoms with E-state index in [0.29, 0.717) is 5.56 Å². The first-order chi connectivity index (χ1) is 10.6. The van der Waals surface area contributed by atoms with Gasteiger partial charge in [0.1, 0.15) is 11.9 Å². The summed E-state index contributed by atoms with van der Waals surface area (Å²) in [5, 5.41) is 9.18. The van der Waals surface area contributed by atoms with Crippen LogP contribution in [0.4, 0.5) is 14.6 Å². The number of aromatic nitrogens is 2. The Bertz CT molecular complexity index is 715. The van der Waals surface area contributed by atoms with Gasteiger partial charge in [0.2, 0.25) is 0 Å². The van der Waals surface area contributed by atoms with Crippen LogP contribution in [0.5, 0.6) is 0 Å². The highest BCUT2D eigenvalue weighted by atomic mass is 79.9. The second kappa shape index (κ2) is 6.95. The molecule has 1 aliphatic rings. The number of hydrogen-bond acceptors (Lipinski definition) is 5. The predicted octanol–water partition coefficient (Wildman–Crippen LogP) is 1.79. The van der Waals surface area contributed by atoms with Crippen molar-refractivity contribution in [1.29, 1.82) is 0 Å². The summed E-state index contributed by atoms with van der Waals surface area (Å²) in [6.45, 7) is -0.561. The quantitative estimate of drug-likeness (QED) is 0.840. The van der Waals surface area contributed by atoms with E-state index in [4.69, 9.17) is 10.5 Å². The van der Waals surface area contributed by atoms with Crippen LogP contribution in [0.3, 0.4) is 0 Å². The average molecular weight is 376 g/mol. The second-order valence-electron chi connectivity index (χ2n) is 4.35. The number of nitrogens with zero attached hydrogens (tertiary/aromatic N) is 2. The molecular weight excluding hydrogens is 364 g/mol. The van der Waals surface area contributed by atoms with Crippen molar-refractivity contribution in [3.8, 4) is 0 Å². The molecule has 0 aromatic carbocycles. The Hall–Kier alpha value is -1.84. The smallest absolute Gasteiger partial charge is 0.351 e. The highest BCUT2D eigenvalue weighted by Crippen LogP contribution is 2.38. The summed E-state index contributed by atoms with van der Waals surface area (Å²) in [6.07, 6.45) is 0.799. The van der Waals surface area contributed by atoms with Crippen LogP contribution in [0.25, 0.3) is 6.08 Å². The van der Waals surface area contributed by atoms with Gasteiger partial charge in [-0.25, -0.2) is 13.6 Å². The van der Waals surface area contributed by atoms with E-state index in [2.05, 4.69) is 20.9 Å². The van der Waals surface area contributed by atoms with Gasteiger partial charge in [-0.1, -0.05) is 15.9 Å². The lowest BCUT2D eigenvalue weighted by atomic mass is 10.1. The van der Waals surface area contributed by atoms with Gasteiger partial charge in [-0.2, -0.15) is 4.98 Å². The molecule has 6 nitrogen and oxygen atoms in total. The maximum Gasteiger partial charge on any atom is 0.351 e. The first kappa shape index (κ1) is 16.5. The van der Waals surface area contributed by atoms with Gasteiger partial charge in [0, 0.05) is 22.9 Å². The largest absolute Gasteiger partial charge is 0.393 e. The number of rotatable bonds is 3. The fraction of sp³-hybridized carbons (Fsp3) is 0.231. The zero-order valence-electron chi connectivity index (χ0n) is 11.1. The van der Waals surface area contributed by atoms with Crippen molar-refractivity contribution in [1.82, 2.24) is 9.55 Å². The molecular formula is C13H12BrF2N3O3. The summed E-state index contributed by atoms with van der Waals surface area (Å²) in [5.41, 5.74) is 4.84. The standard InChI is InChI=1S/C13H12BrF2N3O3/c14-2-1-7-5-19(13(21)18-11(7)17)12-9(4-16)8(3-15)10(6-20)22-12/h1-5,10,12,20H,6H2,(H2,17,18,21)/b2-1+,8-3+,9-4+. The van der Waals surface area contributed by atoms with E-state index in [9.17, 15) is 18.7 Å². The van der Waals surface area contributed by atoms with Crippen molar-refractivity contribution in [2.75, 3.05) is 12.3 Å². The van der Waals surface area contributed by atoms with Gasteiger partial charge in [0.25, 0.3) is 0 Å². The molecule has 1 fully saturated rings. The molecule has 1 aromatic heterocycles. The molecule has 0 radical (unpaired) electrons. The van der Waals surface area contributed by atoms with Gasteiger partial charge >= 0.3 is 5.69 Å². The molecule has 9 heteroatoms. The van der Waals surface area contributed by atoms with Crippen LogP contribution in [-0.2, 0) is 4.74 Å². The number of nitrogen functional groups attached to an aromatic ring is 1. The Morgan fingerprint density at radius 2 is 2.14 bits per heavy atom. The molecule has 118 valence electrons. The van der Waals surface area contributed by atoms with Gasteiger partial charge < -0.3 is 15.6 Å². The number of anilines is 1. The fourth-order valence-corrected chi connectivity index (χ4v) is 2.38. The summed E-state index contributed by atoms with van der Waals surface area (Å²) >= 11 is 3.07. The SMILES string of the molecule is Nc1nc(=O)n(C2OC(CO)C(=C/F)/C2=C\F)cc1/C=C/Br. The Kier molecular flexibility index (Phi) is 5.22. The summed E-state index contributed by atoms with van der Waals surface area (Å²) in [4.78, 5) is 17.1. The van der Waals surface area contributed by atoms with Crippen LogP contribution in [-0.4, -0.2) is 27.4 Å². The normalized spacial score (nSPS) is 25.6. The first-order valence-electron chi connectivity index (χ1n) is 6.10. The molecule has 0 saturated carbocycles.